The van der Waals surface area contributed by atoms with E-state index >= 15 is 0 Å². The van der Waals surface area contributed by atoms with Crippen molar-refractivity contribution in [2.75, 3.05) is 20.6 Å². The summed E-state index contributed by atoms with van der Waals surface area (Å²) in [6, 6.07) is 10.3. The van der Waals surface area contributed by atoms with Gasteiger partial charge < -0.3 is 10.2 Å². The molecule has 0 bridgehead atoms. The Labute approximate surface area is 144 Å². The summed E-state index contributed by atoms with van der Waals surface area (Å²) in [7, 11) is 4.19. The first-order chi connectivity index (χ1) is 10.8. The Kier molecular flexibility index (Phi) is 5.84. The summed E-state index contributed by atoms with van der Waals surface area (Å²) >= 11 is 6.54. The monoisotopic (exact) mass is 334 g/mol. The summed E-state index contributed by atoms with van der Waals surface area (Å²) in [5, 5.41) is 8.82. The van der Waals surface area contributed by atoms with Crippen molar-refractivity contribution in [1.82, 2.24) is 20.0 Å². The molecule has 0 aliphatic carbocycles. The van der Waals surface area contributed by atoms with Crippen molar-refractivity contribution >= 4 is 11.6 Å². The summed E-state index contributed by atoms with van der Waals surface area (Å²) in [6.45, 7) is 8.77. The lowest BCUT2D eigenvalue weighted by Gasteiger charge is -2.32. The summed E-state index contributed by atoms with van der Waals surface area (Å²) in [4.78, 5) is 2.22. The van der Waals surface area contributed by atoms with Gasteiger partial charge in [0.1, 0.15) is 5.15 Å². The Morgan fingerprint density at radius 2 is 1.87 bits per heavy atom. The zero-order valence-corrected chi connectivity index (χ0v) is 15.5. The first kappa shape index (κ1) is 18.0. The molecule has 0 amide bonds. The van der Waals surface area contributed by atoms with Crippen LogP contribution in [-0.2, 0) is 13.1 Å². The summed E-state index contributed by atoms with van der Waals surface area (Å²) < 4.78 is 1.88. The smallest absolute Gasteiger partial charge is 0.132 e. The van der Waals surface area contributed by atoms with Gasteiger partial charge in [-0.15, -0.1) is 0 Å². The van der Waals surface area contributed by atoms with Gasteiger partial charge >= 0.3 is 0 Å². The van der Waals surface area contributed by atoms with E-state index in [2.05, 4.69) is 55.4 Å². The van der Waals surface area contributed by atoms with Gasteiger partial charge in [0.2, 0.25) is 0 Å². The predicted molar refractivity (Wildman–Crippen MR) is 97.0 cm³/mol. The summed E-state index contributed by atoms with van der Waals surface area (Å²) in [5.41, 5.74) is 3.36. The molecular formula is C18H27ClN4. The maximum Gasteiger partial charge on any atom is 0.132 e. The van der Waals surface area contributed by atoms with Crippen LogP contribution in [0.15, 0.2) is 30.3 Å². The fourth-order valence-corrected chi connectivity index (χ4v) is 2.60. The molecule has 1 N–H and O–H groups in total. The van der Waals surface area contributed by atoms with Gasteiger partial charge in [0, 0.05) is 24.2 Å². The topological polar surface area (TPSA) is 33.1 Å². The van der Waals surface area contributed by atoms with Gasteiger partial charge in [-0.3, -0.25) is 0 Å². The number of hydrogen-bond acceptors (Lipinski definition) is 3. The Morgan fingerprint density at radius 3 is 2.48 bits per heavy atom. The Hall–Kier alpha value is -1.36. The van der Waals surface area contributed by atoms with E-state index in [0.717, 1.165) is 29.5 Å². The number of hydrogen-bond donors (Lipinski definition) is 1. The van der Waals surface area contributed by atoms with Crippen LogP contribution in [0.4, 0.5) is 0 Å². The van der Waals surface area contributed by atoms with Gasteiger partial charge in [-0.1, -0.05) is 41.9 Å². The van der Waals surface area contributed by atoms with Crippen LogP contribution in [0.25, 0.3) is 0 Å². The fourth-order valence-electron chi connectivity index (χ4n) is 2.30. The van der Waals surface area contributed by atoms with Crippen molar-refractivity contribution in [3.05, 3.63) is 52.3 Å². The van der Waals surface area contributed by atoms with E-state index in [1.54, 1.807) is 0 Å². The van der Waals surface area contributed by atoms with Gasteiger partial charge in [-0.2, -0.15) is 5.10 Å². The SMILES string of the molecule is Cc1nn(Cc2ccccc2)c(Cl)c1CNCC(C)(C)N(C)C. The van der Waals surface area contributed by atoms with Gasteiger partial charge in [-0.05, 0) is 40.4 Å². The van der Waals surface area contributed by atoms with Crippen LogP contribution in [-0.4, -0.2) is 40.9 Å². The minimum absolute atomic E-state index is 0.0976. The zero-order chi connectivity index (χ0) is 17.0. The number of nitrogens with one attached hydrogen (secondary N) is 1. The number of aryl methyl sites for hydroxylation is 1. The summed E-state index contributed by atoms with van der Waals surface area (Å²) in [6.07, 6.45) is 0. The largest absolute Gasteiger partial charge is 0.311 e. The number of rotatable bonds is 7. The molecule has 23 heavy (non-hydrogen) atoms. The summed E-state index contributed by atoms with van der Waals surface area (Å²) in [5.74, 6) is 0. The van der Waals surface area contributed by atoms with E-state index < -0.39 is 0 Å². The maximum atomic E-state index is 6.54. The van der Waals surface area contributed by atoms with Crippen molar-refractivity contribution in [1.29, 1.82) is 0 Å². The molecule has 1 aromatic heterocycles. The Bertz CT molecular complexity index is 632. The van der Waals surface area contributed by atoms with Crippen LogP contribution in [0, 0.1) is 6.92 Å². The standard InChI is InChI=1S/C18H27ClN4/c1-14-16(11-20-13-18(2,3)22(4)5)17(19)23(21-14)12-15-9-7-6-8-10-15/h6-10,20H,11-13H2,1-5H3. The lowest BCUT2D eigenvalue weighted by atomic mass is 10.0. The second-order valence-corrected chi connectivity index (χ2v) is 7.17. The lowest BCUT2D eigenvalue weighted by molar-refractivity contribution is 0.189. The van der Waals surface area contributed by atoms with Crippen molar-refractivity contribution < 1.29 is 0 Å². The zero-order valence-electron chi connectivity index (χ0n) is 14.7. The fraction of sp³-hybridized carbons (Fsp3) is 0.500. The highest BCUT2D eigenvalue weighted by Crippen LogP contribution is 2.21. The molecule has 0 spiro atoms. The molecule has 0 radical (unpaired) electrons. The van der Waals surface area contributed by atoms with Crippen LogP contribution in [0.2, 0.25) is 5.15 Å². The van der Waals surface area contributed by atoms with E-state index in [4.69, 9.17) is 11.6 Å². The van der Waals surface area contributed by atoms with E-state index in [1.165, 1.54) is 5.56 Å². The van der Waals surface area contributed by atoms with Gasteiger partial charge in [0.25, 0.3) is 0 Å². The molecule has 0 saturated carbocycles. The molecule has 0 atom stereocenters. The molecule has 4 nitrogen and oxygen atoms in total. The molecule has 0 saturated heterocycles. The quantitative estimate of drug-likeness (QED) is 0.843. The van der Waals surface area contributed by atoms with E-state index in [9.17, 15) is 0 Å². The molecule has 1 heterocycles. The van der Waals surface area contributed by atoms with Crippen LogP contribution in [0.1, 0.15) is 30.7 Å². The highest BCUT2D eigenvalue weighted by atomic mass is 35.5. The molecule has 0 fully saturated rings. The number of aromatic nitrogens is 2. The normalized spacial score (nSPS) is 12.1. The molecule has 126 valence electrons. The first-order valence-corrected chi connectivity index (χ1v) is 8.33. The highest BCUT2D eigenvalue weighted by Gasteiger charge is 2.20. The van der Waals surface area contributed by atoms with Gasteiger partial charge in [0.15, 0.2) is 0 Å². The van der Waals surface area contributed by atoms with Crippen LogP contribution >= 0.6 is 11.6 Å². The third-order valence-corrected chi connectivity index (χ3v) is 4.85. The number of benzene rings is 1. The lowest BCUT2D eigenvalue weighted by Crippen LogP contribution is -2.46. The maximum absolute atomic E-state index is 6.54. The Balaban J connectivity index is 2.03. The predicted octanol–water partition coefficient (Wildman–Crippen LogP) is 3.32. The third kappa shape index (κ3) is 4.56. The van der Waals surface area contributed by atoms with Gasteiger partial charge in [0.05, 0.1) is 12.2 Å². The molecule has 0 aliphatic rings. The van der Waals surface area contributed by atoms with Crippen molar-refractivity contribution in [2.24, 2.45) is 0 Å². The highest BCUT2D eigenvalue weighted by molar-refractivity contribution is 6.30. The minimum atomic E-state index is 0.0976. The first-order valence-electron chi connectivity index (χ1n) is 7.95. The molecule has 2 aromatic rings. The van der Waals surface area contributed by atoms with E-state index in [-0.39, 0.29) is 5.54 Å². The van der Waals surface area contributed by atoms with Crippen molar-refractivity contribution in [3.63, 3.8) is 0 Å². The molecule has 0 aliphatic heterocycles. The number of halogens is 1. The third-order valence-electron chi connectivity index (χ3n) is 4.43. The number of nitrogens with zero attached hydrogens (tertiary/aromatic N) is 3. The van der Waals surface area contributed by atoms with E-state index in [0.29, 0.717) is 6.54 Å². The van der Waals surface area contributed by atoms with Crippen LogP contribution in [0.5, 0.6) is 0 Å². The molecule has 2 rings (SSSR count). The van der Waals surface area contributed by atoms with Crippen LogP contribution < -0.4 is 5.32 Å². The molecular weight excluding hydrogens is 308 g/mol. The van der Waals surface area contributed by atoms with Gasteiger partial charge in [-0.25, -0.2) is 4.68 Å². The van der Waals surface area contributed by atoms with Crippen LogP contribution in [0.3, 0.4) is 0 Å². The van der Waals surface area contributed by atoms with Crippen molar-refractivity contribution in [2.45, 2.75) is 39.4 Å². The molecule has 0 unspecified atom stereocenters. The van der Waals surface area contributed by atoms with E-state index in [1.807, 2.05) is 29.8 Å². The average molecular weight is 335 g/mol. The second kappa shape index (κ2) is 7.47. The molecule has 1 aromatic carbocycles. The minimum Gasteiger partial charge on any atom is -0.311 e. The molecule has 5 heteroatoms. The average Bonchev–Trinajstić information content (AvgIpc) is 2.75. The second-order valence-electron chi connectivity index (χ2n) is 6.81. The van der Waals surface area contributed by atoms with Crippen molar-refractivity contribution in [3.8, 4) is 0 Å². The Morgan fingerprint density at radius 1 is 1.22 bits per heavy atom. The number of likely N-dealkylation sites (N-methyl/N-ethyl adjacent to an activating group) is 1.